The van der Waals surface area contributed by atoms with E-state index in [-0.39, 0.29) is 0 Å². The number of hydrogen-bond acceptors (Lipinski definition) is 2. The van der Waals surface area contributed by atoms with E-state index in [1.165, 1.54) is 0 Å². The van der Waals surface area contributed by atoms with Gasteiger partial charge in [-0.2, -0.15) is 5.26 Å². The van der Waals surface area contributed by atoms with Gasteiger partial charge in [0, 0.05) is 9.13 Å². The highest BCUT2D eigenvalue weighted by atomic mass is 127. The Kier molecular flexibility index (Phi) is 4.31. The van der Waals surface area contributed by atoms with Gasteiger partial charge in [0.25, 0.3) is 0 Å². The number of nitrogens with zero attached hydrogens (tertiary/aromatic N) is 1. The molecule has 80 valence electrons. The second kappa shape index (κ2) is 5.10. The van der Waals surface area contributed by atoms with E-state index in [1.807, 2.05) is 24.3 Å². The summed E-state index contributed by atoms with van der Waals surface area (Å²) in [5, 5.41) is 9.11. The molecule has 1 rings (SSSR count). The summed E-state index contributed by atoms with van der Waals surface area (Å²) in [6.07, 6.45) is -0.426. The Morgan fingerprint density at radius 2 is 1.93 bits per heavy atom. The monoisotopic (exact) mass is 331 g/mol. The van der Waals surface area contributed by atoms with Crippen LogP contribution in [0, 0.1) is 14.9 Å². The van der Waals surface area contributed by atoms with Crippen LogP contribution in [0.3, 0.4) is 0 Å². The molecule has 1 unspecified atom stereocenters. The number of hydrogen-bond donors (Lipinski definition) is 0. The quantitative estimate of drug-likeness (QED) is 0.625. The van der Waals surface area contributed by atoms with Crippen molar-refractivity contribution < 1.29 is 4.43 Å². The van der Waals surface area contributed by atoms with Crippen LogP contribution in [-0.4, -0.2) is 8.32 Å². The minimum atomic E-state index is -1.67. The predicted octanol–water partition coefficient (Wildman–Crippen LogP) is 3.71. The molecule has 0 aliphatic heterocycles. The van der Waals surface area contributed by atoms with E-state index >= 15 is 0 Å². The van der Waals surface area contributed by atoms with E-state index < -0.39 is 14.4 Å². The fraction of sp³-hybridized carbons (Fsp3) is 0.364. The first-order valence-electron chi connectivity index (χ1n) is 4.76. The van der Waals surface area contributed by atoms with Crippen LogP contribution in [0.1, 0.15) is 11.7 Å². The van der Waals surface area contributed by atoms with Crippen molar-refractivity contribution >= 4 is 30.9 Å². The van der Waals surface area contributed by atoms with Gasteiger partial charge in [-0.1, -0.05) is 18.2 Å². The summed E-state index contributed by atoms with van der Waals surface area (Å²) in [6.45, 7) is 6.27. The lowest BCUT2D eigenvalue weighted by Crippen LogP contribution is -2.27. The zero-order chi connectivity index (χ0) is 11.5. The lowest BCUT2D eigenvalue weighted by Gasteiger charge is -2.22. The van der Waals surface area contributed by atoms with Crippen LogP contribution >= 0.6 is 22.6 Å². The van der Waals surface area contributed by atoms with Crippen LogP contribution in [0.2, 0.25) is 19.6 Å². The molecule has 0 radical (unpaired) electrons. The molecule has 0 spiro atoms. The maximum Gasteiger partial charge on any atom is 0.186 e. The predicted molar refractivity (Wildman–Crippen MR) is 71.9 cm³/mol. The molecule has 0 saturated carbocycles. The molecule has 0 aromatic heterocycles. The Bertz CT molecular complexity index is 381. The van der Waals surface area contributed by atoms with E-state index in [4.69, 9.17) is 9.69 Å². The first-order chi connectivity index (χ1) is 6.94. The van der Waals surface area contributed by atoms with Crippen molar-refractivity contribution in [3.63, 3.8) is 0 Å². The van der Waals surface area contributed by atoms with Crippen LogP contribution in [-0.2, 0) is 4.43 Å². The molecule has 0 bridgehead atoms. The SMILES string of the molecule is C[Si](C)(C)OC(C#N)c1ccccc1I. The summed E-state index contributed by atoms with van der Waals surface area (Å²) in [7, 11) is -1.67. The van der Waals surface area contributed by atoms with Gasteiger partial charge in [-0.15, -0.1) is 0 Å². The van der Waals surface area contributed by atoms with Gasteiger partial charge in [0.05, 0.1) is 6.07 Å². The summed E-state index contributed by atoms with van der Waals surface area (Å²) in [5.41, 5.74) is 0.975. The van der Waals surface area contributed by atoms with Gasteiger partial charge in [-0.05, 0) is 48.3 Å². The Balaban J connectivity index is 2.95. The summed E-state index contributed by atoms with van der Waals surface area (Å²) < 4.78 is 6.91. The van der Waals surface area contributed by atoms with Gasteiger partial charge in [-0.3, -0.25) is 0 Å². The topological polar surface area (TPSA) is 33.0 Å². The second-order valence-corrected chi connectivity index (χ2v) is 9.88. The van der Waals surface area contributed by atoms with E-state index in [9.17, 15) is 0 Å². The normalized spacial score (nSPS) is 13.3. The number of benzene rings is 1. The Labute approximate surface area is 106 Å². The van der Waals surface area contributed by atoms with E-state index in [1.54, 1.807) is 0 Å². The van der Waals surface area contributed by atoms with E-state index in [0.29, 0.717) is 0 Å². The molecule has 0 fully saturated rings. The molecule has 1 aromatic rings. The molecule has 15 heavy (non-hydrogen) atoms. The number of halogens is 1. The van der Waals surface area contributed by atoms with Crippen LogP contribution in [0.4, 0.5) is 0 Å². The highest BCUT2D eigenvalue weighted by molar-refractivity contribution is 14.1. The highest BCUT2D eigenvalue weighted by Crippen LogP contribution is 2.25. The molecular weight excluding hydrogens is 317 g/mol. The first-order valence-corrected chi connectivity index (χ1v) is 9.24. The molecule has 0 N–H and O–H groups in total. The Morgan fingerprint density at radius 1 is 1.33 bits per heavy atom. The minimum Gasteiger partial charge on any atom is -0.399 e. The third kappa shape index (κ3) is 3.93. The standard InChI is InChI=1S/C11H14INOSi/c1-15(2,3)14-11(8-13)9-6-4-5-7-10(9)12/h4-7,11H,1-3H3. The van der Waals surface area contributed by atoms with E-state index in [0.717, 1.165) is 9.13 Å². The lowest BCUT2D eigenvalue weighted by molar-refractivity contribution is 0.254. The van der Waals surface area contributed by atoms with Crippen molar-refractivity contribution in [2.45, 2.75) is 25.7 Å². The van der Waals surface area contributed by atoms with Crippen molar-refractivity contribution in [2.75, 3.05) is 0 Å². The van der Waals surface area contributed by atoms with Gasteiger partial charge in [0.2, 0.25) is 0 Å². The molecule has 0 aliphatic rings. The van der Waals surface area contributed by atoms with Crippen LogP contribution < -0.4 is 0 Å². The van der Waals surface area contributed by atoms with Crippen molar-refractivity contribution in [1.82, 2.24) is 0 Å². The fourth-order valence-corrected chi connectivity index (χ4v) is 2.76. The van der Waals surface area contributed by atoms with Crippen molar-refractivity contribution in [1.29, 1.82) is 5.26 Å². The Hall–Kier alpha value is -0.383. The summed E-state index contributed by atoms with van der Waals surface area (Å²) in [5.74, 6) is 0. The molecule has 4 heteroatoms. The summed E-state index contributed by atoms with van der Waals surface area (Å²) in [4.78, 5) is 0. The molecule has 1 aromatic carbocycles. The molecule has 2 nitrogen and oxygen atoms in total. The van der Waals surface area contributed by atoms with Crippen LogP contribution in [0.5, 0.6) is 0 Å². The van der Waals surface area contributed by atoms with Crippen LogP contribution in [0.25, 0.3) is 0 Å². The zero-order valence-electron chi connectivity index (χ0n) is 9.12. The summed E-state index contributed by atoms with van der Waals surface area (Å²) in [6, 6.07) is 10.1. The number of nitriles is 1. The number of rotatable bonds is 3. The second-order valence-electron chi connectivity index (χ2n) is 4.26. The third-order valence-electron chi connectivity index (χ3n) is 1.78. The average Bonchev–Trinajstić information content (AvgIpc) is 2.14. The van der Waals surface area contributed by atoms with Gasteiger partial charge in [0.15, 0.2) is 14.4 Å². The highest BCUT2D eigenvalue weighted by Gasteiger charge is 2.23. The molecular formula is C11H14INOSi. The smallest absolute Gasteiger partial charge is 0.186 e. The average molecular weight is 331 g/mol. The van der Waals surface area contributed by atoms with Crippen LogP contribution in [0.15, 0.2) is 24.3 Å². The molecule has 1 atom stereocenters. The van der Waals surface area contributed by atoms with Gasteiger partial charge < -0.3 is 4.43 Å². The van der Waals surface area contributed by atoms with Crippen molar-refractivity contribution in [3.05, 3.63) is 33.4 Å². The zero-order valence-corrected chi connectivity index (χ0v) is 12.3. The summed E-state index contributed by atoms with van der Waals surface area (Å²) >= 11 is 2.23. The maximum absolute atomic E-state index is 9.11. The van der Waals surface area contributed by atoms with Crippen molar-refractivity contribution in [3.8, 4) is 6.07 Å². The van der Waals surface area contributed by atoms with E-state index in [2.05, 4.69) is 48.3 Å². The third-order valence-corrected chi connectivity index (χ3v) is 3.70. The molecule has 0 aliphatic carbocycles. The maximum atomic E-state index is 9.11. The fourth-order valence-electron chi connectivity index (χ4n) is 1.20. The van der Waals surface area contributed by atoms with Gasteiger partial charge in [0.1, 0.15) is 0 Å². The van der Waals surface area contributed by atoms with Crippen molar-refractivity contribution in [2.24, 2.45) is 0 Å². The molecule has 0 saturated heterocycles. The Morgan fingerprint density at radius 3 is 2.40 bits per heavy atom. The minimum absolute atomic E-state index is 0.426. The molecule has 0 heterocycles. The van der Waals surface area contributed by atoms with Gasteiger partial charge in [-0.25, -0.2) is 0 Å². The van der Waals surface area contributed by atoms with Gasteiger partial charge >= 0.3 is 0 Å². The molecule has 0 amide bonds. The lowest BCUT2D eigenvalue weighted by atomic mass is 10.1. The largest absolute Gasteiger partial charge is 0.399 e. The first kappa shape index (κ1) is 12.7.